The first-order valence-corrected chi connectivity index (χ1v) is 12.4. The summed E-state index contributed by atoms with van der Waals surface area (Å²) in [5.41, 5.74) is 0.0291. The van der Waals surface area contributed by atoms with E-state index in [0.717, 1.165) is 27.7 Å². The van der Waals surface area contributed by atoms with Gasteiger partial charge >= 0.3 is 23.9 Å². The van der Waals surface area contributed by atoms with Crippen molar-refractivity contribution in [3.8, 4) is 5.75 Å². The molecule has 2 heterocycles. The molecule has 2 aliphatic heterocycles. The quantitative estimate of drug-likeness (QED) is 0.365. The zero-order valence-corrected chi connectivity index (χ0v) is 22.2. The minimum atomic E-state index is -2.48. The van der Waals surface area contributed by atoms with Crippen LogP contribution in [0, 0.1) is 0 Å². The smallest absolute Gasteiger partial charge is 0.303 e. The standard InChI is InChI=1S/C25H31ClO12/c1-13(27)33-12-21-22(34-14(2)28)23(35-15(3)29)24(36-16(4)30)25(31,38-21)17-5-6-19(26)20(11-17)37-18-7-9-32-10-8-18/h5-6,11,18,21-24,31H,7-10,12H2,1-4H3/t21-,22-,23+,24-,25+/m1/s1. The van der Waals surface area contributed by atoms with Crippen LogP contribution < -0.4 is 4.74 Å². The predicted molar refractivity (Wildman–Crippen MR) is 128 cm³/mol. The molecule has 0 saturated carbocycles. The Labute approximate surface area is 224 Å². The molecule has 1 aromatic rings. The summed E-state index contributed by atoms with van der Waals surface area (Å²) in [6.07, 6.45) is -4.94. The number of carbonyl (C=O) groups excluding carboxylic acids is 4. The third kappa shape index (κ3) is 7.34. The minimum Gasteiger partial charge on any atom is -0.489 e. The number of ether oxygens (including phenoxy) is 7. The van der Waals surface area contributed by atoms with Gasteiger partial charge in [-0.3, -0.25) is 19.2 Å². The monoisotopic (exact) mass is 558 g/mol. The van der Waals surface area contributed by atoms with Gasteiger partial charge in [-0.05, 0) is 12.1 Å². The van der Waals surface area contributed by atoms with Gasteiger partial charge in [0.25, 0.3) is 0 Å². The number of hydrogen-bond donors (Lipinski definition) is 1. The van der Waals surface area contributed by atoms with E-state index in [1.807, 2.05) is 0 Å². The average molecular weight is 559 g/mol. The molecule has 0 radical (unpaired) electrons. The molecule has 0 aromatic heterocycles. The van der Waals surface area contributed by atoms with Crippen molar-refractivity contribution in [3.63, 3.8) is 0 Å². The summed E-state index contributed by atoms with van der Waals surface area (Å²) in [5.74, 6) is -5.39. The highest BCUT2D eigenvalue weighted by atomic mass is 35.5. The maximum absolute atomic E-state index is 12.1. The van der Waals surface area contributed by atoms with E-state index in [0.29, 0.717) is 26.1 Å². The lowest BCUT2D eigenvalue weighted by atomic mass is 9.87. The Bertz CT molecular complexity index is 1040. The Kier molecular flexibility index (Phi) is 9.94. The Morgan fingerprint density at radius 2 is 1.55 bits per heavy atom. The van der Waals surface area contributed by atoms with Crippen LogP contribution in [0.4, 0.5) is 0 Å². The van der Waals surface area contributed by atoms with Gasteiger partial charge in [-0.15, -0.1) is 0 Å². The highest BCUT2D eigenvalue weighted by molar-refractivity contribution is 6.32. The summed E-state index contributed by atoms with van der Waals surface area (Å²) in [5, 5.41) is 12.2. The zero-order chi connectivity index (χ0) is 28.0. The molecular formula is C25H31ClO12. The van der Waals surface area contributed by atoms with Crippen LogP contribution in [0.1, 0.15) is 46.1 Å². The normalized spacial score (nSPS) is 27.6. The Morgan fingerprint density at radius 1 is 0.947 bits per heavy atom. The molecule has 0 bridgehead atoms. The van der Waals surface area contributed by atoms with Crippen LogP contribution in [0.2, 0.25) is 5.02 Å². The topological polar surface area (TPSA) is 153 Å². The van der Waals surface area contributed by atoms with Crippen molar-refractivity contribution >= 4 is 35.5 Å². The van der Waals surface area contributed by atoms with Crippen molar-refractivity contribution in [3.05, 3.63) is 28.8 Å². The fraction of sp³-hybridized carbons (Fsp3) is 0.600. The van der Waals surface area contributed by atoms with Gasteiger partial charge in [0.15, 0.2) is 12.2 Å². The fourth-order valence-electron chi connectivity index (χ4n) is 4.30. The number of aliphatic hydroxyl groups is 1. The molecule has 13 heteroatoms. The van der Waals surface area contributed by atoms with Crippen molar-refractivity contribution in [2.75, 3.05) is 19.8 Å². The van der Waals surface area contributed by atoms with Crippen LogP contribution in [0.5, 0.6) is 5.75 Å². The average Bonchev–Trinajstić information content (AvgIpc) is 2.83. The lowest BCUT2D eigenvalue weighted by Gasteiger charge is -2.48. The molecule has 1 aromatic carbocycles. The van der Waals surface area contributed by atoms with Gasteiger partial charge in [-0.25, -0.2) is 0 Å². The van der Waals surface area contributed by atoms with Gasteiger partial charge in [0.1, 0.15) is 24.6 Å². The molecule has 2 saturated heterocycles. The molecule has 5 atom stereocenters. The van der Waals surface area contributed by atoms with E-state index < -0.39 is 60.7 Å². The molecule has 0 aliphatic carbocycles. The SMILES string of the molecule is CC(=O)OC[C@H]1O[C@@](O)(c2ccc(Cl)c(OC3CCOCC3)c2)[C@H](OC(C)=O)[C@@H](OC(C)=O)[C@@H]1OC(C)=O. The second kappa shape index (κ2) is 12.7. The van der Waals surface area contributed by atoms with Crippen LogP contribution in [-0.4, -0.2) is 79.3 Å². The van der Waals surface area contributed by atoms with E-state index in [2.05, 4.69) is 0 Å². The van der Waals surface area contributed by atoms with Crippen molar-refractivity contribution in [1.29, 1.82) is 0 Å². The van der Waals surface area contributed by atoms with Crippen molar-refractivity contribution < 1.29 is 57.4 Å². The largest absolute Gasteiger partial charge is 0.489 e. The van der Waals surface area contributed by atoms with Crippen LogP contribution in [0.15, 0.2) is 18.2 Å². The number of esters is 4. The van der Waals surface area contributed by atoms with Crippen molar-refractivity contribution in [2.24, 2.45) is 0 Å². The zero-order valence-electron chi connectivity index (χ0n) is 21.5. The van der Waals surface area contributed by atoms with Crippen LogP contribution >= 0.6 is 11.6 Å². The molecule has 0 amide bonds. The van der Waals surface area contributed by atoms with Gasteiger partial charge in [0.2, 0.25) is 11.9 Å². The fourth-order valence-corrected chi connectivity index (χ4v) is 4.46. The first-order valence-electron chi connectivity index (χ1n) is 12.0. The maximum atomic E-state index is 12.1. The molecule has 3 rings (SSSR count). The van der Waals surface area contributed by atoms with Gasteiger partial charge in [-0.1, -0.05) is 17.7 Å². The summed E-state index contributed by atoms with van der Waals surface area (Å²) in [6.45, 7) is 4.98. The summed E-state index contributed by atoms with van der Waals surface area (Å²) in [6, 6.07) is 4.28. The molecule has 1 N–H and O–H groups in total. The molecule has 0 unspecified atom stereocenters. The molecular weight excluding hydrogens is 528 g/mol. The van der Waals surface area contributed by atoms with E-state index in [-0.39, 0.29) is 22.4 Å². The molecule has 2 fully saturated rings. The number of benzene rings is 1. The Morgan fingerprint density at radius 3 is 2.13 bits per heavy atom. The minimum absolute atomic E-state index is 0.0291. The van der Waals surface area contributed by atoms with Crippen LogP contribution in [0.3, 0.4) is 0 Å². The highest BCUT2D eigenvalue weighted by Gasteiger charge is 2.60. The highest BCUT2D eigenvalue weighted by Crippen LogP contribution is 2.43. The molecule has 38 heavy (non-hydrogen) atoms. The van der Waals surface area contributed by atoms with Gasteiger partial charge in [0, 0.05) is 46.1 Å². The third-order valence-electron chi connectivity index (χ3n) is 5.86. The third-order valence-corrected chi connectivity index (χ3v) is 6.17. The van der Waals surface area contributed by atoms with E-state index in [9.17, 15) is 24.3 Å². The summed E-state index contributed by atoms with van der Waals surface area (Å²) < 4.78 is 38.5. The van der Waals surface area contributed by atoms with E-state index >= 15 is 0 Å². The molecule has 210 valence electrons. The first kappa shape index (κ1) is 29.6. The Hall–Kier alpha value is -2.93. The molecule has 2 aliphatic rings. The maximum Gasteiger partial charge on any atom is 0.303 e. The van der Waals surface area contributed by atoms with Crippen molar-refractivity contribution in [2.45, 2.75) is 76.8 Å². The summed E-state index contributed by atoms with van der Waals surface area (Å²) in [4.78, 5) is 47.6. The lowest BCUT2D eigenvalue weighted by molar-refractivity contribution is -0.360. The van der Waals surface area contributed by atoms with Gasteiger partial charge < -0.3 is 38.3 Å². The van der Waals surface area contributed by atoms with E-state index in [4.69, 9.17) is 44.8 Å². The second-order valence-corrected chi connectivity index (χ2v) is 9.32. The summed E-state index contributed by atoms with van der Waals surface area (Å²) >= 11 is 6.36. The summed E-state index contributed by atoms with van der Waals surface area (Å²) in [7, 11) is 0. The molecule has 12 nitrogen and oxygen atoms in total. The van der Waals surface area contributed by atoms with Gasteiger partial charge in [0.05, 0.1) is 18.2 Å². The van der Waals surface area contributed by atoms with Crippen LogP contribution in [-0.2, 0) is 53.4 Å². The number of halogens is 1. The predicted octanol–water partition coefficient (Wildman–Crippen LogP) is 1.80. The lowest BCUT2D eigenvalue weighted by Crippen LogP contribution is -2.66. The number of rotatable bonds is 8. The number of hydrogen-bond acceptors (Lipinski definition) is 12. The molecule has 0 spiro atoms. The van der Waals surface area contributed by atoms with Crippen molar-refractivity contribution in [1.82, 2.24) is 0 Å². The number of carbonyl (C=O) groups is 4. The van der Waals surface area contributed by atoms with Crippen LogP contribution in [0.25, 0.3) is 0 Å². The second-order valence-electron chi connectivity index (χ2n) is 8.91. The Balaban J connectivity index is 2.09. The first-order chi connectivity index (χ1) is 17.9. The van der Waals surface area contributed by atoms with E-state index in [1.54, 1.807) is 0 Å². The van der Waals surface area contributed by atoms with Gasteiger partial charge in [-0.2, -0.15) is 0 Å². The van der Waals surface area contributed by atoms with E-state index in [1.165, 1.54) is 18.2 Å².